The number of pyridine rings is 1. The first kappa shape index (κ1) is 14.9. The molecule has 7 heteroatoms. The fourth-order valence-electron chi connectivity index (χ4n) is 2.30. The summed E-state index contributed by atoms with van der Waals surface area (Å²) < 4.78 is 2.99. The molecule has 0 saturated carbocycles. The minimum Gasteiger partial charge on any atom is -0.302 e. The Balaban J connectivity index is 2.13. The lowest BCUT2D eigenvalue weighted by Crippen LogP contribution is -2.10. The molecule has 0 aromatic carbocycles. The summed E-state index contributed by atoms with van der Waals surface area (Å²) in [5.74, 6) is 1.17. The first-order chi connectivity index (χ1) is 10.1. The molecule has 4 nitrogen and oxygen atoms in total. The number of thiazole rings is 1. The van der Waals surface area contributed by atoms with Crippen LogP contribution >= 0.6 is 38.9 Å². The molecule has 0 saturated heterocycles. The number of imidazole rings is 1. The summed E-state index contributed by atoms with van der Waals surface area (Å²) in [6.07, 6.45) is 4.73. The Hall–Kier alpha value is -0.980. The molecule has 1 unspecified atom stereocenters. The molecule has 110 valence electrons. The number of fused-ring (bicyclic) bond motifs is 1. The fraction of sp³-hybridized carbons (Fsp3) is 0.357. The molecule has 0 aliphatic rings. The van der Waals surface area contributed by atoms with Gasteiger partial charge in [0.2, 0.25) is 0 Å². The van der Waals surface area contributed by atoms with Crippen LogP contribution in [-0.4, -0.2) is 19.5 Å². The van der Waals surface area contributed by atoms with Crippen molar-refractivity contribution in [2.24, 2.45) is 0 Å². The van der Waals surface area contributed by atoms with E-state index in [1.807, 2.05) is 12.3 Å². The molecule has 1 atom stereocenters. The Morgan fingerprint density at radius 1 is 1.38 bits per heavy atom. The number of halogens is 2. The Morgan fingerprint density at radius 2 is 2.19 bits per heavy atom. The zero-order valence-electron chi connectivity index (χ0n) is 11.7. The molecule has 0 N–H and O–H groups in total. The third-order valence-corrected chi connectivity index (χ3v) is 5.34. The van der Waals surface area contributed by atoms with Crippen LogP contribution in [0.25, 0.3) is 11.2 Å². The highest BCUT2D eigenvalue weighted by atomic mass is 79.9. The van der Waals surface area contributed by atoms with Crippen molar-refractivity contribution in [2.45, 2.75) is 32.2 Å². The van der Waals surface area contributed by atoms with Crippen LogP contribution in [0, 0.1) is 0 Å². The summed E-state index contributed by atoms with van der Waals surface area (Å²) in [5, 5.41) is 1.06. The van der Waals surface area contributed by atoms with E-state index in [1.54, 1.807) is 17.5 Å². The zero-order valence-corrected chi connectivity index (χ0v) is 14.8. The van der Waals surface area contributed by atoms with Gasteiger partial charge in [0.15, 0.2) is 5.65 Å². The Kier molecular flexibility index (Phi) is 4.28. The van der Waals surface area contributed by atoms with Crippen molar-refractivity contribution in [1.29, 1.82) is 0 Å². The maximum absolute atomic E-state index is 6.07. The van der Waals surface area contributed by atoms with Crippen molar-refractivity contribution in [3.05, 3.63) is 38.6 Å². The molecule has 3 aromatic rings. The zero-order chi connectivity index (χ0) is 15.0. The normalized spacial score (nSPS) is 13.0. The number of aryl methyl sites for hydroxylation is 1. The van der Waals surface area contributed by atoms with E-state index >= 15 is 0 Å². The second-order valence-electron chi connectivity index (χ2n) is 4.72. The molecule has 0 aliphatic heterocycles. The highest BCUT2D eigenvalue weighted by Crippen LogP contribution is 2.29. The van der Waals surface area contributed by atoms with Crippen molar-refractivity contribution >= 4 is 50.0 Å². The summed E-state index contributed by atoms with van der Waals surface area (Å²) in [6, 6.07) is 2.03. The van der Waals surface area contributed by atoms with E-state index in [2.05, 4.69) is 49.3 Å². The van der Waals surface area contributed by atoms with E-state index in [4.69, 9.17) is 11.6 Å². The van der Waals surface area contributed by atoms with Crippen molar-refractivity contribution in [1.82, 2.24) is 19.5 Å². The van der Waals surface area contributed by atoms with Crippen molar-refractivity contribution in [3.63, 3.8) is 0 Å². The third-order valence-electron chi connectivity index (χ3n) is 3.35. The van der Waals surface area contributed by atoms with Gasteiger partial charge in [-0.2, -0.15) is 0 Å². The van der Waals surface area contributed by atoms with Crippen molar-refractivity contribution in [3.8, 4) is 0 Å². The van der Waals surface area contributed by atoms with Crippen LogP contribution in [0.2, 0.25) is 0 Å². The number of rotatable bonds is 4. The Morgan fingerprint density at radius 3 is 2.86 bits per heavy atom. The maximum Gasteiger partial charge on any atom is 0.160 e. The lowest BCUT2D eigenvalue weighted by molar-refractivity contribution is 0.625. The topological polar surface area (TPSA) is 43.6 Å². The fourth-order valence-corrected chi connectivity index (χ4v) is 3.70. The summed E-state index contributed by atoms with van der Waals surface area (Å²) in [4.78, 5) is 14.9. The molecule has 3 rings (SSSR count). The van der Waals surface area contributed by atoms with Gasteiger partial charge in [-0.1, -0.05) is 6.92 Å². The van der Waals surface area contributed by atoms with Gasteiger partial charge in [-0.25, -0.2) is 15.0 Å². The number of aromatic nitrogens is 4. The third kappa shape index (κ3) is 2.72. The van der Waals surface area contributed by atoms with Crippen LogP contribution < -0.4 is 0 Å². The van der Waals surface area contributed by atoms with Gasteiger partial charge >= 0.3 is 0 Å². The quantitative estimate of drug-likeness (QED) is 0.618. The predicted octanol–water partition coefficient (Wildman–Crippen LogP) is 4.56. The van der Waals surface area contributed by atoms with Crippen LogP contribution in [0.15, 0.2) is 22.9 Å². The predicted molar refractivity (Wildman–Crippen MR) is 90.1 cm³/mol. The number of nitrogens with zero attached hydrogens (tertiary/aromatic N) is 4. The average Bonchev–Trinajstić information content (AvgIpc) is 3.09. The van der Waals surface area contributed by atoms with Gasteiger partial charge in [0.25, 0.3) is 0 Å². The van der Waals surface area contributed by atoms with E-state index in [-0.39, 0.29) is 6.04 Å². The molecular formula is C14H14BrClN4S. The average molecular weight is 386 g/mol. The molecule has 0 amide bonds. The van der Waals surface area contributed by atoms with Crippen molar-refractivity contribution < 1.29 is 0 Å². The maximum atomic E-state index is 6.07. The van der Waals surface area contributed by atoms with Gasteiger partial charge in [-0.15, -0.1) is 22.9 Å². The second-order valence-corrected chi connectivity index (χ2v) is 7.05. The minimum absolute atomic E-state index is 0.0720. The largest absolute Gasteiger partial charge is 0.302 e. The van der Waals surface area contributed by atoms with Gasteiger partial charge < -0.3 is 4.57 Å². The highest BCUT2D eigenvalue weighted by molar-refractivity contribution is 9.10. The van der Waals surface area contributed by atoms with Gasteiger partial charge in [0.05, 0.1) is 11.9 Å². The second kappa shape index (κ2) is 6.02. The monoisotopic (exact) mass is 384 g/mol. The molecule has 0 spiro atoms. The standard InChI is InChI=1S/C14H14BrClN4S/c1-3-10-7-18-14(21-10)8(2)20-12(5-16)19-11-4-9(15)6-17-13(11)20/h4,6-8H,3,5H2,1-2H3. The smallest absolute Gasteiger partial charge is 0.160 e. The van der Waals surface area contributed by atoms with Crippen LogP contribution in [0.1, 0.15) is 35.6 Å². The number of alkyl halides is 1. The molecule has 3 aromatic heterocycles. The van der Waals surface area contributed by atoms with E-state index in [1.165, 1.54) is 4.88 Å². The molecule has 21 heavy (non-hydrogen) atoms. The van der Waals surface area contributed by atoms with E-state index < -0.39 is 0 Å². The van der Waals surface area contributed by atoms with E-state index in [9.17, 15) is 0 Å². The molecule has 3 heterocycles. The van der Waals surface area contributed by atoms with E-state index in [0.29, 0.717) is 5.88 Å². The SMILES string of the molecule is CCc1cnc(C(C)n2c(CCl)nc3cc(Br)cnc32)s1. The molecule has 0 fully saturated rings. The lowest BCUT2D eigenvalue weighted by atomic mass is 10.3. The summed E-state index contributed by atoms with van der Waals surface area (Å²) >= 11 is 11.2. The minimum atomic E-state index is 0.0720. The van der Waals surface area contributed by atoms with Gasteiger partial charge in [-0.3, -0.25) is 0 Å². The molecule has 0 aliphatic carbocycles. The number of hydrogen-bond acceptors (Lipinski definition) is 4. The summed E-state index contributed by atoms with van der Waals surface area (Å²) in [5.41, 5.74) is 1.69. The van der Waals surface area contributed by atoms with Gasteiger partial charge in [0.1, 0.15) is 16.3 Å². The van der Waals surface area contributed by atoms with Crippen LogP contribution in [0.3, 0.4) is 0 Å². The molecular weight excluding hydrogens is 372 g/mol. The van der Waals surface area contributed by atoms with Crippen LogP contribution in [0.4, 0.5) is 0 Å². The highest BCUT2D eigenvalue weighted by Gasteiger charge is 2.20. The van der Waals surface area contributed by atoms with Crippen molar-refractivity contribution in [2.75, 3.05) is 0 Å². The Bertz CT molecular complexity index is 782. The lowest BCUT2D eigenvalue weighted by Gasteiger charge is -2.13. The van der Waals surface area contributed by atoms with Gasteiger partial charge in [-0.05, 0) is 35.3 Å². The summed E-state index contributed by atoms with van der Waals surface area (Å²) in [7, 11) is 0. The Labute approximate surface area is 140 Å². The first-order valence-corrected chi connectivity index (χ1v) is 8.81. The molecule has 0 radical (unpaired) electrons. The van der Waals surface area contributed by atoms with Crippen LogP contribution in [0.5, 0.6) is 0 Å². The van der Waals surface area contributed by atoms with Crippen LogP contribution in [-0.2, 0) is 12.3 Å². The van der Waals surface area contributed by atoms with E-state index in [0.717, 1.165) is 32.9 Å². The molecule has 0 bridgehead atoms. The summed E-state index contributed by atoms with van der Waals surface area (Å²) in [6.45, 7) is 4.25. The first-order valence-electron chi connectivity index (χ1n) is 6.67. The van der Waals surface area contributed by atoms with Gasteiger partial charge in [0, 0.05) is 21.7 Å². The number of hydrogen-bond donors (Lipinski definition) is 0.